The summed E-state index contributed by atoms with van der Waals surface area (Å²) in [6, 6.07) is 4.34. The number of thioether (sulfide) groups is 1. The maximum Gasteiger partial charge on any atom is 0.124 e. The zero-order valence-corrected chi connectivity index (χ0v) is 7.90. The van der Waals surface area contributed by atoms with E-state index in [1.807, 2.05) is 0 Å². The van der Waals surface area contributed by atoms with Crippen molar-refractivity contribution in [1.82, 2.24) is 0 Å². The number of benzene rings is 1. The van der Waals surface area contributed by atoms with Gasteiger partial charge in [-0.2, -0.15) is 0 Å². The van der Waals surface area contributed by atoms with E-state index in [0.29, 0.717) is 12.1 Å². The minimum atomic E-state index is -0.266. The lowest BCUT2D eigenvalue weighted by molar-refractivity contribution is 0.624. The van der Waals surface area contributed by atoms with Crippen molar-refractivity contribution < 1.29 is 4.39 Å². The lowest BCUT2D eigenvalue weighted by atomic mass is 10.3. The first-order valence-corrected chi connectivity index (χ1v) is 4.84. The van der Waals surface area contributed by atoms with Crippen molar-refractivity contribution in [2.75, 3.05) is 11.5 Å². The molecule has 2 N–H and O–H groups in total. The molecule has 0 atom stereocenters. The minimum absolute atomic E-state index is 0.266. The molecule has 0 unspecified atom stereocenters. The molecule has 0 fully saturated rings. The van der Waals surface area contributed by atoms with E-state index in [-0.39, 0.29) is 5.82 Å². The summed E-state index contributed by atoms with van der Waals surface area (Å²) in [6.07, 6.45) is 5.76. The van der Waals surface area contributed by atoms with Crippen LogP contribution in [0.4, 0.5) is 10.1 Å². The molecule has 1 aromatic rings. The predicted octanol–water partition coefficient (Wildman–Crippen LogP) is 2.52. The smallest absolute Gasteiger partial charge is 0.124 e. The van der Waals surface area contributed by atoms with E-state index in [9.17, 15) is 4.39 Å². The molecule has 1 nitrogen and oxygen atoms in total. The summed E-state index contributed by atoms with van der Waals surface area (Å²) in [4.78, 5) is 0.759. The van der Waals surface area contributed by atoms with Crippen LogP contribution in [0.1, 0.15) is 6.42 Å². The molecule has 0 aliphatic carbocycles. The van der Waals surface area contributed by atoms with Crippen molar-refractivity contribution >= 4 is 17.4 Å². The van der Waals surface area contributed by atoms with Gasteiger partial charge >= 0.3 is 0 Å². The van der Waals surface area contributed by atoms with Crippen LogP contribution < -0.4 is 5.73 Å². The molecule has 0 aromatic heterocycles. The van der Waals surface area contributed by atoms with Crippen molar-refractivity contribution in [3.63, 3.8) is 0 Å². The molecule has 0 spiro atoms. The Morgan fingerprint density at radius 1 is 1.54 bits per heavy atom. The highest BCUT2D eigenvalue weighted by Gasteiger charge is 2.00. The maximum atomic E-state index is 12.7. The van der Waals surface area contributed by atoms with Gasteiger partial charge in [0.25, 0.3) is 0 Å². The fourth-order valence-corrected chi connectivity index (χ4v) is 1.72. The Balaban J connectivity index is 2.65. The molecule has 13 heavy (non-hydrogen) atoms. The lowest BCUT2D eigenvalue weighted by Crippen LogP contribution is -1.90. The van der Waals surface area contributed by atoms with Crippen molar-refractivity contribution in [2.24, 2.45) is 0 Å². The summed E-state index contributed by atoms with van der Waals surface area (Å²) in [6.45, 7) is 0. The van der Waals surface area contributed by atoms with Crippen molar-refractivity contribution in [2.45, 2.75) is 11.3 Å². The number of rotatable bonds is 3. The number of anilines is 1. The predicted molar refractivity (Wildman–Crippen MR) is 55.0 cm³/mol. The zero-order valence-electron chi connectivity index (χ0n) is 7.09. The monoisotopic (exact) mass is 195 g/mol. The molecule has 1 rings (SSSR count). The Morgan fingerprint density at radius 2 is 2.31 bits per heavy atom. The first kappa shape index (κ1) is 9.94. The fraction of sp³-hybridized carbons (Fsp3) is 0.200. The third kappa shape index (κ3) is 3.00. The number of hydrogen-bond acceptors (Lipinski definition) is 2. The van der Waals surface area contributed by atoms with Crippen LogP contribution in [-0.4, -0.2) is 5.75 Å². The topological polar surface area (TPSA) is 26.0 Å². The van der Waals surface area contributed by atoms with Crippen LogP contribution in [-0.2, 0) is 0 Å². The standard InChI is InChI=1S/C10H10FNS/c1-2-3-6-13-10-7-8(11)4-5-9(10)12/h1,4-5,7H,3,6,12H2. The Hall–Kier alpha value is -1.14. The second kappa shape index (κ2) is 4.78. The van der Waals surface area contributed by atoms with Gasteiger partial charge in [-0.3, -0.25) is 0 Å². The molecular formula is C10H10FNS. The normalized spacial score (nSPS) is 9.54. The number of nitrogen functional groups attached to an aromatic ring is 1. The minimum Gasteiger partial charge on any atom is -0.398 e. The summed E-state index contributed by atoms with van der Waals surface area (Å²) in [5.74, 6) is 3.02. The third-order valence-electron chi connectivity index (χ3n) is 1.48. The highest BCUT2D eigenvalue weighted by Crippen LogP contribution is 2.25. The van der Waals surface area contributed by atoms with Gasteiger partial charge in [-0.1, -0.05) is 0 Å². The molecule has 0 saturated heterocycles. The van der Waals surface area contributed by atoms with Crippen LogP contribution in [0.25, 0.3) is 0 Å². The van der Waals surface area contributed by atoms with E-state index in [1.165, 1.54) is 23.9 Å². The number of terminal acetylenes is 1. The Labute approximate surface area is 81.5 Å². The van der Waals surface area contributed by atoms with Crippen LogP contribution in [0.2, 0.25) is 0 Å². The van der Waals surface area contributed by atoms with E-state index in [1.54, 1.807) is 6.07 Å². The number of nitrogens with two attached hydrogens (primary N) is 1. The van der Waals surface area contributed by atoms with Crippen molar-refractivity contribution in [1.29, 1.82) is 0 Å². The highest BCUT2D eigenvalue weighted by atomic mass is 32.2. The van der Waals surface area contributed by atoms with Crippen LogP contribution in [0, 0.1) is 18.2 Å². The van der Waals surface area contributed by atoms with E-state index < -0.39 is 0 Å². The van der Waals surface area contributed by atoms with Gasteiger partial charge in [0, 0.05) is 22.8 Å². The quantitative estimate of drug-likeness (QED) is 0.347. The Bertz CT molecular complexity index is 330. The third-order valence-corrected chi connectivity index (χ3v) is 2.55. The maximum absolute atomic E-state index is 12.7. The van der Waals surface area contributed by atoms with Crippen LogP contribution in [0.3, 0.4) is 0 Å². The molecule has 68 valence electrons. The van der Waals surface area contributed by atoms with Gasteiger partial charge in [-0.15, -0.1) is 24.1 Å². The molecule has 0 radical (unpaired) electrons. The molecule has 0 heterocycles. The zero-order chi connectivity index (χ0) is 9.68. The molecule has 0 aliphatic rings. The summed E-state index contributed by atoms with van der Waals surface area (Å²) < 4.78 is 12.7. The number of hydrogen-bond donors (Lipinski definition) is 1. The van der Waals surface area contributed by atoms with Gasteiger partial charge in [0.1, 0.15) is 5.82 Å². The summed E-state index contributed by atoms with van der Waals surface area (Å²) in [5.41, 5.74) is 6.23. The van der Waals surface area contributed by atoms with E-state index in [4.69, 9.17) is 12.2 Å². The molecule has 3 heteroatoms. The fourth-order valence-electron chi connectivity index (χ4n) is 0.853. The summed E-state index contributed by atoms with van der Waals surface area (Å²) in [5, 5.41) is 0. The molecule has 0 amide bonds. The largest absolute Gasteiger partial charge is 0.398 e. The van der Waals surface area contributed by atoms with Gasteiger partial charge in [0.15, 0.2) is 0 Å². The molecule has 1 aromatic carbocycles. The average molecular weight is 195 g/mol. The molecule has 0 aliphatic heterocycles. The first-order chi connectivity index (χ1) is 6.24. The Morgan fingerprint density at radius 3 is 3.00 bits per heavy atom. The SMILES string of the molecule is C#CCCSc1cc(F)ccc1N. The Kier molecular flexibility index (Phi) is 3.66. The summed E-state index contributed by atoms with van der Waals surface area (Å²) in [7, 11) is 0. The van der Waals surface area contributed by atoms with E-state index >= 15 is 0 Å². The number of halogens is 1. The van der Waals surface area contributed by atoms with E-state index in [2.05, 4.69) is 5.92 Å². The second-order valence-corrected chi connectivity index (χ2v) is 3.62. The van der Waals surface area contributed by atoms with Crippen LogP contribution >= 0.6 is 11.8 Å². The summed E-state index contributed by atoms with van der Waals surface area (Å²) >= 11 is 1.48. The van der Waals surface area contributed by atoms with Crippen molar-refractivity contribution in [3.05, 3.63) is 24.0 Å². The van der Waals surface area contributed by atoms with Crippen LogP contribution in [0.15, 0.2) is 23.1 Å². The second-order valence-electron chi connectivity index (χ2n) is 2.48. The molecule has 0 bridgehead atoms. The van der Waals surface area contributed by atoms with Gasteiger partial charge in [-0.25, -0.2) is 4.39 Å². The van der Waals surface area contributed by atoms with Gasteiger partial charge in [-0.05, 0) is 18.2 Å². The van der Waals surface area contributed by atoms with Gasteiger partial charge in [0.2, 0.25) is 0 Å². The van der Waals surface area contributed by atoms with Gasteiger partial charge < -0.3 is 5.73 Å². The highest BCUT2D eigenvalue weighted by molar-refractivity contribution is 7.99. The van der Waals surface area contributed by atoms with Crippen LogP contribution in [0.5, 0.6) is 0 Å². The van der Waals surface area contributed by atoms with Gasteiger partial charge in [0.05, 0.1) is 0 Å². The lowest BCUT2D eigenvalue weighted by Gasteiger charge is -2.03. The first-order valence-electron chi connectivity index (χ1n) is 3.85. The van der Waals surface area contributed by atoms with Crippen molar-refractivity contribution in [3.8, 4) is 12.3 Å². The molecular weight excluding hydrogens is 185 g/mol. The molecule has 0 saturated carbocycles. The van der Waals surface area contributed by atoms with E-state index in [0.717, 1.165) is 10.6 Å². The average Bonchev–Trinajstić information content (AvgIpc) is 2.11.